The molecular formula is C25H24N4O5. The summed E-state index contributed by atoms with van der Waals surface area (Å²) in [5.41, 5.74) is 8.38. The lowest BCUT2D eigenvalue weighted by Gasteiger charge is -2.22. The number of nitrogens with zero attached hydrogens (tertiary/aromatic N) is 1. The van der Waals surface area contributed by atoms with Crippen molar-refractivity contribution in [2.24, 2.45) is 11.7 Å². The average molecular weight is 460 g/mol. The Labute approximate surface area is 195 Å². The highest BCUT2D eigenvalue weighted by Crippen LogP contribution is 2.24. The number of nitro groups is 1. The van der Waals surface area contributed by atoms with E-state index in [9.17, 15) is 24.8 Å². The minimum atomic E-state index is -1.05. The van der Waals surface area contributed by atoms with Gasteiger partial charge in [0.05, 0.1) is 10.8 Å². The van der Waals surface area contributed by atoms with Crippen LogP contribution in [0.15, 0.2) is 72.8 Å². The van der Waals surface area contributed by atoms with Gasteiger partial charge >= 0.3 is 5.97 Å². The first-order valence-corrected chi connectivity index (χ1v) is 10.5. The van der Waals surface area contributed by atoms with Crippen LogP contribution in [0.2, 0.25) is 0 Å². The molecule has 0 aromatic heterocycles. The van der Waals surface area contributed by atoms with E-state index < -0.39 is 28.8 Å². The number of hydrogen-bond donors (Lipinski definition) is 4. The van der Waals surface area contributed by atoms with E-state index in [-0.39, 0.29) is 17.9 Å². The van der Waals surface area contributed by atoms with Crippen molar-refractivity contribution in [1.82, 2.24) is 5.32 Å². The first-order chi connectivity index (χ1) is 16.2. The number of carbonyl (C=O) groups is 2. The van der Waals surface area contributed by atoms with Crippen molar-refractivity contribution in [2.45, 2.75) is 19.4 Å². The predicted octanol–water partition coefficient (Wildman–Crippen LogP) is 3.61. The largest absolute Gasteiger partial charge is 0.481 e. The summed E-state index contributed by atoms with van der Waals surface area (Å²) in [5, 5.41) is 31.0. The number of nitrogen functional groups attached to an aromatic ring is 1. The molecule has 3 rings (SSSR count). The van der Waals surface area contributed by atoms with Crippen LogP contribution in [0.4, 0.5) is 5.69 Å². The number of hydrogen-bond acceptors (Lipinski definition) is 5. The van der Waals surface area contributed by atoms with Gasteiger partial charge < -0.3 is 16.2 Å². The SMILES string of the molecule is CC(NC(=O)c1ccc(-c2cccc([N+](=O)[O-])c2)cc1)C(Cc1cccc(C(=N)N)c1)C(=O)O. The van der Waals surface area contributed by atoms with Crippen molar-refractivity contribution in [3.63, 3.8) is 0 Å². The number of amides is 1. The van der Waals surface area contributed by atoms with E-state index in [0.29, 0.717) is 27.8 Å². The van der Waals surface area contributed by atoms with Gasteiger partial charge in [-0.1, -0.05) is 42.5 Å². The van der Waals surface area contributed by atoms with Crippen molar-refractivity contribution >= 4 is 23.4 Å². The van der Waals surface area contributed by atoms with E-state index >= 15 is 0 Å². The molecule has 34 heavy (non-hydrogen) atoms. The van der Waals surface area contributed by atoms with Gasteiger partial charge in [-0.15, -0.1) is 0 Å². The Balaban J connectivity index is 1.71. The highest BCUT2D eigenvalue weighted by molar-refractivity contribution is 5.95. The van der Waals surface area contributed by atoms with Gasteiger partial charge in [-0.2, -0.15) is 0 Å². The number of amidine groups is 1. The molecule has 0 spiro atoms. The number of rotatable bonds is 9. The van der Waals surface area contributed by atoms with Gasteiger partial charge in [-0.3, -0.25) is 25.1 Å². The maximum Gasteiger partial charge on any atom is 0.308 e. The standard InChI is InChI=1S/C25H24N4O5/c1-15(22(25(31)32)13-16-4-2-6-20(12-16)23(26)27)28-24(30)18-10-8-17(9-11-18)19-5-3-7-21(14-19)29(33)34/h2-12,14-15,22H,13H2,1H3,(H3,26,27)(H,28,30)(H,31,32). The first kappa shape index (κ1) is 24.1. The molecule has 1 amide bonds. The van der Waals surface area contributed by atoms with Crippen LogP contribution in [0.1, 0.15) is 28.4 Å². The summed E-state index contributed by atoms with van der Waals surface area (Å²) < 4.78 is 0. The molecule has 2 unspecified atom stereocenters. The molecule has 3 aromatic carbocycles. The lowest BCUT2D eigenvalue weighted by Crippen LogP contribution is -2.42. The fourth-order valence-corrected chi connectivity index (χ4v) is 3.60. The third-order valence-electron chi connectivity index (χ3n) is 5.51. The maximum atomic E-state index is 12.7. The Kier molecular flexibility index (Phi) is 7.37. The topological polar surface area (TPSA) is 159 Å². The van der Waals surface area contributed by atoms with E-state index in [2.05, 4.69) is 5.32 Å². The number of nitro benzene ring substituents is 1. The fraction of sp³-hybridized carbons (Fsp3) is 0.160. The van der Waals surface area contributed by atoms with Gasteiger partial charge in [-0.05, 0) is 48.2 Å². The van der Waals surface area contributed by atoms with Gasteiger partial charge in [0, 0.05) is 29.3 Å². The zero-order valence-corrected chi connectivity index (χ0v) is 18.4. The zero-order valence-electron chi connectivity index (χ0n) is 18.4. The highest BCUT2D eigenvalue weighted by Gasteiger charge is 2.27. The number of carboxylic acid groups (broad SMARTS) is 1. The van der Waals surface area contributed by atoms with Crippen molar-refractivity contribution in [2.75, 3.05) is 0 Å². The van der Waals surface area contributed by atoms with Crippen molar-refractivity contribution < 1.29 is 19.6 Å². The Hall–Kier alpha value is -4.53. The molecule has 0 bridgehead atoms. The minimum Gasteiger partial charge on any atom is -0.481 e. The molecule has 0 saturated heterocycles. The van der Waals surface area contributed by atoms with Crippen LogP contribution in [0.3, 0.4) is 0 Å². The zero-order chi connectivity index (χ0) is 24.8. The summed E-state index contributed by atoms with van der Waals surface area (Å²) in [6.07, 6.45) is 0.156. The summed E-state index contributed by atoms with van der Waals surface area (Å²) in [4.78, 5) is 35.1. The average Bonchev–Trinajstić information content (AvgIpc) is 2.82. The van der Waals surface area contributed by atoms with Crippen LogP contribution < -0.4 is 11.1 Å². The predicted molar refractivity (Wildman–Crippen MR) is 128 cm³/mol. The molecule has 0 saturated carbocycles. The maximum absolute atomic E-state index is 12.7. The van der Waals surface area contributed by atoms with Gasteiger partial charge in [0.15, 0.2) is 0 Å². The second-order valence-electron chi connectivity index (χ2n) is 7.91. The summed E-state index contributed by atoms with van der Waals surface area (Å²) in [5.74, 6) is -2.48. The molecule has 9 heteroatoms. The first-order valence-electron chi connectivity index (χ1n) is 10.5. The molecule has 9 nitrogen and oxygen atoms in total. The number of carbonyl (C=O) groups excluding carboxylic acids is 1. The molecule has 5 N–H and O–H groups in total. The molecule has 0 aliphatic carbocycles. The number of non-ortho nitro benzene ring substituents is 1. The van der Waals surface area contributed by atoms with E-state index in [1.807, 2.05) is 0 Å². The van der Waals surface area contributed by atoms with Crippen LogP contribution in [-0.4, -0.2) is 33.8 Å². The molecule has 0 aliphatic rings. The van der Waals surface area contributed by atoms with Crippen LogP contribution in [0.5, 0.6) is 0 Å². The molecule has 0 radical (unpaired) electrons. The molecule has 174 valence electrons. The number of carboxylic acids is 1. The third-order valence-corrected chi connectivity index (χ3v) is 5.51. The van der Waals surface area contributed by atoms with Gasteiger partial charge in [0.2, 0.25) is 0 Å². The second-order valence-corrected chi connectivity index (χ2v) is 7.91. The third kappa shape index (κ3) is 5.83. The van der Waals surface area contributed by atoms with Crippen LogP contribution in [0.25, 0.3) is 11.1 Å². The Morgan fingerprint density at radius 3 is 2.32 bits per heavy atom. The van der Waals surface area contributed by atoms with Crippen molar-refractivity contribution in [3.05, 3.63) is 99.6 Å². The molecule has 0 aliphatic heterocycles. The molecule has 0 fully saturated rings. The van der Waals surface area contributed by atoms with Crippen molar-refractivity contribution in [3.8, 4) is 11.1 Å². The van der Waals surface area contributed by atoms with Gasteiger partial charge in [0.25, 0.3) is 11.6 Å². The van der Waals surface area contributed by atoms with E-state index in [0.717, 1.165) is 0 Å². The minimum absolute atomic E-state index is 0.0262. The quantitative estimate of drug-likeness (QED) is 0.165. The van der Waals surface area contributed by atoms with Gasteiger partial charge in [0.1, 0.15) is 5.84 Å². The molecule has 3 aromatic rings. The normalized spacial score (nSPS) is 12.4. The van der Waals surface area contributed by atoms with E-state index in [1.54, 1.807) is 67.6 Å². The summed E-state index contributed by atoms with van der Waals surface area (Å²) in [7, 11) is 0. The van der Waals surface area contributed by atoms with E-state index in [4.69, 9.17) is 11.1 Å². The van der Waals surface area contributed by atoms with Crippen LogP contribution in [-0.2, 0) is 11.2 Å². The van der Waals surface area contributed by atoms with Crippen molar-refractivity contribution in [1.29, 1.82) is 5.41 Å². The van der Waals surface area contributed by atoms with E-state index in [1.165, 1.54) is 12.1 Å². The Morgan fingerprint density at radius 2 is 1.71 bits per heavy atom. The van der Waals surface area contributed by atoms with Gasteiger partial charge in [-0.25, -0.2) is 0 Å². The Morgan fingerprint density at radius 1 is 1.03 bits per heavy atom. The fourth-order valence-electron chi connectivity index (χ4n) is 3.60. The summed E-state index contributed by atoms with van der Waals surface area (Å²) >= 11 is 0. The second kappa shape index (κ2) is 10.4. The molecule has 2 atom stereocenters. The monoisotopic (exact) mass is 460 g/mol. The number of benzene rings is 3. The number of nitrogens with one attached hydrogen (secondary N) is 2. The lowest BCUT2D eigenvalue weighted by atomic mass is 9.92. The summed E-state index contributed by atoms with van der Waals surface area (Å²) in [6, 6.07) is 18.8. The molecule has 0 heterocycles. The number of nitrogens with two attached hydrogens (primary N) is 1. The van der Waals surface area contributed by atoms with Crippen LogP contribution in [0, 0.1) is 21.4 Å². The highest BCUT2D eigenvalue weighted by atomic mass is 16.6. The van der Waals surface area contributed by atoms with Crippen LogP contribution >= 0.6 is 0 Å². The smallest absolute Gasteiger partial charge is 0.308 e. The Bertz CT molecular complexity index is 1240. The summed E-state index contributed by atoms with van der Waals surface area (Å²) in [6.45, 7) is 1.63. The molecular weight excluding hydrogens is 436 g/mol. The lowest BCUT2D eigenvalue weighted by molar-refractivity contribution is -0.384. The number of aliphatic carboxylic acids is 1.